The minimum atomic E-state index is -0.500. The molecule has 3 aromatic rings. The van der Waals surface area contributed by atoms with Gasteiger partial charge in [0.1, 0.15) is 12.6 Å². The molecule has 5 rings (SSSR count). The number of nitrogens with one attached hydrogen (secondary N) is 1. The summed E-state index contributed by atoms with van der Waals surface area (Å²) in [5.41, 5.74) is 3.34. The van der Waals surface area contributed by atoms with Crippen LogP contribution >= 0.6 is 12.8 Å². The van der Waals surface area contributed by atoms with Crippen molar-refractivity contribution in [1.29, 1.82) is 0 Å². The van der Waals surface area contributed by atoms with Crippen LogP contribution in [0.1, 0.15) is 35.4 Å². The van der Waals surface area contributed by atoms with Crippen LogP contribution in [0.3, 0.4) is 0 Å². The maximum absolute atomic E-state index is 13.2. The zero-order valence-electron chi connectivity index (χ0n) is 20.1. The zero-order valence-corrected chi connectivity index (χ0v) is 21.0. The molecule has 1 N–H and O–H groups in total. The molecule has 0 aliphatic carbocycles. The molecule has 3 aromatic carbocycles. The van der Waals surface area contributed by atoms with Crippen LogP contribution in [0, 0.1) is 0 Å². The van der Waals surface area contributed by atoms with Crippen molar-refractivity contribution in [2.75, 3.05) is 13.1 Å². The maximum Gasteiger partial charge on any atom is 0.410 e. The number of likely N-dealkylation sites (tertiary alicyclic amines) is 1. The van der Waals surface area contributed by atoms with Crippen molar-refractivity contribution in [3.05, 3.63) is 108 Å². The van der Waals surface area contributed by atoms with Gasteiger partial charge in [0.25, 0.3) is 0 Å². The van der Waals surface area contributed by atoms with Crippen LogP contribution in [-0.4, -0.2) is 53.0 Å². The van der Waals surface area contributed by atoms with Gasteiger partial charge in [0.15, 0.2) is 0 Å². The van der Waals surface area contributed by atoms with E-state index in [1.165, 1.54) is 11.1 Å². The normalized spacial score (nSPS) is 21.4. The molecule has 2 heterocycles. The van der Waals surface area contributed by atoms with Gasteiger partial charge in [-0.25, -0.2) is 4.79 Å². The van der Waals surface area contributed by atoms with Crippen LogP contribution in [0.5, 0.6) is 0 Å². The molecule has 0 radical (unpaired) electrons. The molecule has 186 valence electrons. The van der Waals surface area contributed by atoms with Gasteiger partial charge in [0.05, 0.1) is 6.04 Å². The van der Waals surface area contributed by atoms with Crippen LogP contribution in [0.25, 0.3) is 0 Å². The van der Waals surface area contributed by atoms with E-state index < -0.39 is 6.04 Å². The molecule has 2 fully saturated rings. The predicted molar refractivity (Wildman–Crippen MR) is 142 cm³/mol. The first kappa shape index (κ1) is 24.4. The lowest BCUT2D eigenvalue weighted by molar-refractivity contribution is -0.129. The Bertz CT molecular complexity index is 1120. The van der Waals surface area contributed by atoms with Crippen molar-refractivity contribution in [2.24, 2.45) is 0 Å². The van der Waals surface area contributed by atoms with Crippen molar-refractivity contribution >= 4 is 24.8 Å². The predicted octanol–water partition coefficient (Wildman–Crippen LogP) is 4.63. The summed E-state index contributed by atoms with van der Waals surface area (Å²) in [7, 11) is 0. The number of carbonyl (C=O) groups is 2. The molecule has 0 aromatic heterocycles. The van der Waals surface area contributed by atoms with Gasteiger partial charge in [0.2, 0.25) is 5.91 Å². The molecule has 2 aliphatic rings. The Hall–Kier alpha value is -3.29. The molecule has 6 nitrogen and oxygen atoms in total. The van der Waals surface area contributed by atoms with Crippen molar-refractivity contribution in [2.45, 2.75) is 43.5 Å². The second-order valence-electron chi connectivity index (χ2n) is 9.49. The number of carbonyl (C=O) groups excluding carboxylic acids is 2. The van der Waals surface area contributed by atoms with Crippen LogP contribution in [0.15, 0.2) is 91.0 Å². The number of fused-ring (bicyclic) bond motifs is 2. The summed E-state index contributed by atoms with van der Waals surface area (Å²) in [4.78, 5) is 30.4. The molecule has 0 saturated carbocycles. The second kappa shape index (κ2) is 11.2. The lowest BCUT2D eigenvalue weighted by Gasteiger charge is -2.46. The molecule has 36 heavy (non-hydrogen) atoms. The van der Waals surface area contributed by atoms with Crippen molar-refractivity contribution in [3.8, 4) is 0 Å². The Morgan fingerprint density at radius 3 is 2.06 bits per heavy atom. The van der Waals surface area contributed by atoms with Crippen LogP contribution in [0.4, 0.5) is 4.79 Å². The van der Waals surface area contributed by atoms with E-state index in [4.69, 9.17) is 4.74 Å². The number of hydrogen-bond acceptors (Lipinski definition) is 5. The fourth-order valence-electron chi connectivity index (χ4n) is 5.71. The highest BCUT2D eigenvalue weighted by molar-refractivity contribution is 7.78. The smallest absolute Gasteiger partial charge is 0.410 e. The lowest BCUT2D eigenvalue weighted by atomic mass is 9.89. The third-order valence-electron chi connectivity index (χ3n) is 7.37. The van der Waals surface area contributed by atoms with Gasteiger partial charge in [-0.3, -0.25) is 14.6 Å². The Morgan fingerprint density at radius 1 is 0.889 bits per heavy atom. The SMILES string of the molecule is O=C(NS)[C@@H]1C2CCC(CN1CC(c1ccccc1)c1ccccc1)N2C(=O)OCc1ccccc1. The summed E-state index contributed by atoms with van der Waals surface area (Å²) in [5, 5.41) is 0. The van der Waals surface area contributed by atoms with Crippen molar-refractivity contribution in [1.82, 2.24) is 14.5 Å². The van der Waals surface area contributed by atoms with E-state index >= 15 is 0 Å². The van der Waals surface area contributed by atoms with Gasteiger partial charge in [-0.05, 0) is 29.5 Å². The van der Waals surface area contributed by atoms with E-state index in [1.54, 1.807) is 4.90 Å². The number of amides is 2. The number of benzene rings is 3. The third kappa shape index (κ3) is 5.13. The van der Waals surface area contributed by atoms with Crippen molar-refractivity contribution in [3.63, 3.8) is 0 Å². The summed E-state index contributed by atoms with van der Waals surface area (Å²) in [6.07, 6.45) is 1.25. The maximum atomic E-state index is 13.2. The van der Waals surface area contributed by atoms with E-state index in [0.717, 1.165) is 18.4 Å². The van der Waals surface area contributed by atoms with E-state index in [-0.39, 0.29) is 36.6 Å². The van der Waals surface area contributed by atoms with Crippen LogP contribution < -0.4 is 4.72 Å². The minimum absolute atomic E-state index is 0.00874. The molecule has 2 saturated heterocycles. The Balaban J connectivity index is 1.38. The summed E-state index contributed by atoms with van der Waals surface area (Å²) in [6.45, 7) is 1.49. The first-order valence-corrected chi connectivity index (χ1v) is 12.9. The molecule has 2 amide bonds. The van der Waals surface area contributed by atoms with Gasteiger partial charge in [-0.1, -0.05) is 104 Å². The summed E-state index contributed by atoms with van der Waals surface area (Å²) >= 11 is 4.10. The fourth-order valence-corrected chi connectivity index (χ4v) is 5.84. The summed E-state index contributed by atoms with van der Waals surface area (Å²) < 4.78 is 8.24. The second-order valence-corrected chi connectivity index (χ2v) is 9.72. The first-order valence-electron chi connectivity index (χ1n) is 12.4. The minimum Gasteiger partial charge on any atom is -0.445 e. The number of thiol groups is 1. The van der Waals surface area contributed by atoms with E-state index in [0.29, 0.717) is 13.1 Å². The van der Waals surface area contributed by atoms with Gasteiger partial charge in [0, 0.05) is 25.0 Å². The highest BCUT2D eigenvalue weighted by atomic mass is 32.1. The highest BCUT2D eigenvalue weighted by Crippen LogP contribution is 2.37. The van der Waals surface area contributed by atoms with Crippen LogP contribution in [-0.2, 0) is 16.1 Å². The summed E-state index contributed by atoms with van der Waals surface area (Å²) in [6, 6.07) is 29.7. The zero-order chi connectivity index (χ0) is 24.9. The van der Waals surface area contributed by atoms with Gasteiger partial charge in [-0.2, -0.15) is 0 Å². The number of piperazine rings is 1. The number of rotatable bonds is 7. The monoisotopic (exact) mass is 501 g/mol. The topological polar surface area (TPSA) is 61.9 Å². The Labute approximate surface area is 217 Å². The number of hydrogen-bond donors (Lipinski definition) is 2. The molecule has 2 unspecified atom stereocenters. The fraction of sp³-hybridized carbons (Fsp3) is 0.310. The molecular weight excluding hydrogens is 470 g/mol. The number of nitrogens with zero attached hydrogens (tertiary/aromatic N) is 2. The average molecular weight is 502 g/mol. The molecule has 2 bridgehead atoms. The third-order valence-corrected chi connectivity index (χ3v) is 7.59. The summed E-state index contributed by atoms with van der Waals surface area (Å²) in [5.74, 6) is -0.0944. The average Bonchev–Trinajstić information content (AvgIpc) is 3.25. The molecule has 0 spiro atoms. The number of ether oxygens (including phenoxy) is 1. The van der Waals surface area contributed by atoms with E-state index in [2.05, 4.69) is 46.7 Å². The standard InChI is InChI=1S/C29H31N3O3S/c33-28(30-36)27-26-17-16-24(32(26)29(34)35-20-21-10-4-1-5-11-21)18-31(27)19-25(22-12-6-2-7-13-22)23-14-8-3-9-15-23/h1-15,24-27,36H,16-20H2,(H,30,33)/t24?,26?,27-/m0/s1. The van der Waals surface area contributed by atoms with E-state index in [1.807, 2.05) is 66.7 Å². The van der Waals surface area contributed by atoms with Crippen molar-refractivity contribution < 1.29 is 14.3 Å². The van der Waals surface area contributed by atoms with Gasteiger partial charge < -0.3 is 9.46 Å². The quantitative estimate of drug-likeness (QED) is 0.464. The molecule has 2 aliphatic heterocycles. The molecule has 7 heteroatoms. The Kier molecular flexibility index (Phi) is 7.58. The Morgan fingerprint density at radius 2 is 1.47 bits per heavy atom. The lowest BCUT2D eigenvalue weighted by Crippen LogP contribution is -2.65. The largest absolute Gasteiger partial charge is 0.445 e. The molecular formula is C29H31N3O3S. The van der Waals surface area contributed by atoms with Gasteiger partial charge >= 0.3 is 6.09 Å². The first-order chi connectivity index (χ1) is 17.7. The highest BCUT2D eigenvalue weighted by Gasteiger charge is 2.51. The van der Waals surface area contributed by atoms with Gasteiger partial charge in [-0.15, -0.1) is 0 Å². The van der Waals surface area contributed by atoms with Crippen LogP contribution in [0.2, 0.25) is 0 Å². The van der Waals surface area contributed by atoms with E-state index in [9.17, 15) is 9.59 Å². The molecule has 3 atom stereocenters.